The molecule has 27 heavy (non-hydrogen) atoms. The van der Waals surface area contributed by atoms with E-state index in [0.717, 1.165) is 30.9 Å². The van der Waals surface area contributed by atoms with Crippen LogP contribution in [0.3, 0.4) is 0 Å². The lowest BCUT2D eigenvalue weighted by Crippen LogP contribution is -2.27. The van der Waals surface area contributed by atoms with Crippen LogP contribution in [0.15, 0.2) is 48.7 Å². The van der Waals surface area contributed by atoms with E-state index >= 15 is 0 Å². The summed E-state index contributed by atoms with van der Waals surface area (Å²) < 4.78 is 18.5. The maximum absolute atomic E-state index is 13.3. The third-order valence-electron chi connectivity index (χ3n) is 4.44. The lowest BCUT2D eigenvalue weighted by atomic mass is 10.1. The van der Waals surface area contributed by atoms with Crippen LogP contribution in [0.5, 0.6) is 0 Å². The number of amides is 1. The molecule has 0 saturated carbocycles. The molecule has 3 rings (SSSR count). The zero-order chi connectivity index (χ0) is 19.2. The molecule has 2 aromatic rings. The molecule has 5 nitrogen and oxygen atoms in total. The fraction of sp³-hybridized carbons (Fsp3) is 0.286. The largest absolute Gasteiger partial charge is 0.383 e. The van der Waals surface area contributed by atoms with Crippen molar-refractivity contribution in [3.05, 3.63) is 60.0 Å². The van der Waals surface area contributed by atoms with Crippen LogP contribution in [-0.4, -0.2) is 32.7 Å². The number of halogens is 1. The van der Waals surface area contributed by atoms with Gasteiger partial charge in [0.15, 0.2) is 0 Å². The zero-order valence-electron chi connectivity index (χ0n) is 15.6. The molecule has 2 N–H and O–H groups in total. The highest BCUT2D eigenvalue weighted by atomic mass is 19.1. The van der Waals surface area contributed by atoms with Gasteiger partial charge >= 0.3 is 0 Å². The minimum Gasteiger partial charge on any atom is -0.383 e. The minimum absolute atomic E-state index is 0.242. The van der Waals surface area contributed by atoms with Crippen molar-refractivity contribution in [3.63, 3.8) is 0 Å². The summed E-state index contributed by atoms with van der Waals surface area (Å²) in [5.74, 6) is -0.614. The molecule has 2 aromatic carbocycles. The van der Waals surface area contributed by atoms with Crippen LogP contribution in [0.4, 0.5) is 21.5 Å². The lowest BCUT2D eigenvalue weighted by molar-refractivity contribution is -0.110. The van der Waals surface area contributed by atoms with Gasteiger partial charge in [-0.2, -0.15) is 0 Å². The van der Waals surface area contributed by atoms with Crippen LogP contribution in [0.25, 0.3) is 5.57 Å². The first-order valence-corrected chi connectivity index (χ1v) is 9.04. The van der Waals surface area contributed by atoms with E-state index in [0.29, 0.717) is 23.4 Å². The van der Waals surface area contributed by atoms with Gasteiger partial charge in [-0.05, 0) is 48.9 Å². The Bertz CT molecular complexity index is 834. The number of hydrogen-bond donors (Lipinski definition) is 2. The molecule has 0 saturated heterocycles. The van der Waals surface area contributed by atoms with E-state index in [4.69, 9.17) is 4.74 Å². The van der Waals surface area contributed by atoms with Crippen molar-refractivity contribution in [1.29, 1.82) is 0 Å². The fourth-order valence-electron chi connectivity index (χ4n) is 3.08. The van der Waals surface area contributed by atoms with Gasteiger partial charge in [0.2, 0.25) is 0 Å². The van der Waals surface area contributed by atoms with Crippen LogP contribution in [-0.2, 0) is 9.53 Å². The average molecular weight is 369 g/mol. The van der Waals surface area contributed by atoms with Gasteiger partial charge in [-0.1, -0.05) is 6.92 Å². The zero-order valence-corrected chi connectivity index (χ0v) is 15.6. The third-order valence-corrected chi connectivity index (χ3v) is 4.44. The van der Waals surface area contributed by atoms with Crippen LogP contribution in [0, 0.1) is 5.82 Å². The normalized spacial score (nSPS) is 14.2. The Labute approximate surface area is 158 Å². The van der Waals surface area contributed by atoms with Crippen molar-refractivity contribution in [2.75, 3.05) is 42.3 Å². The van der Waals surface area contributed by atoms with Crippen molar-refractivity contribution in [1.82, 2.24) is 0 Å². The Hall–Kier alpha value is -2.86. The van der Waals surface area contributed by atoms with Gasteiger partial charge in [0.25, 0.3) is 5.91 Å². The van der Waals surface area contributed by atoms with E-state index in [2.05, 4.69) is 22.5 Å². The standard InChI is InChI=1S/C21H24FN3O2/c1-3-10-25(11-12-27-2)17-7-5-16(6-8-17)23-14-19-18-9-4-15(22)13-20(18)24-21(19)26/h4-9,13-14,23H,3,10-12H2,1-2H3,(H,24,26)/b19-14+. The van der Waals surface area contributed by atoms with E-state index in [1.807, 2.05) is 24.3 Å². The summed E-state index contributed by atoms with van der Waals surface area (Å²) in [5.41, 5.74) is 3.68. The maximum Gasteiger partial charge on any atom is 0.257 e. The van der Waals surface area contributed by atoms with E-state index in [1.54, 1.807) is 19.4 Å². The van der Waals surface area contributed by atoms with Crippen LogP contribution in [0.2, 0.25) is 0 Å². The molecule has 6 heteroatoms. The quantitative estimate of drug-likeness (QED) is 0.688. The van der Waals surface area contributed by atoms with Gasteiger partial charge in [-0.3, -0.25) is 4.79 Å². The Balaban J connectivity index is 1.72. The molecule has 0 fully saturated rings. The number of carbonyl (C=O) groups is 1. The van der Waals surface area contributed by atoms with E-state index in [1.165, 1.54) is 12.1 Å². The topological polar surface area (TPSA) is 53.6 Å². The van der Waals surface area contributed by atoms with Crippen molar-refractivity contribution >= 4 is 28.5 Å². The number of fused-ring (bicyclic) bond motifs is 1. The first-order valence-electron chi connectivity index (χ1n) is 9.04. The second-order valence-electron chi connectivity index (χ2n) is 6.37. The molecule has 0 bridgehead atoms. The predicted octanol–water partition coefficient (Wildman–Crippen LogP) is 4.09. The van der Waals surface area contributed by atoms with Crippen molar-refractivity contribution < 1.29 is 13.9 Å². The summed E-state index contributed by atoms with van der Waals surface area (Å²) in [5, 5.41) is 5.83. The molecule has 0 radical (unpaired) electrons. The number of ether oxygens (including phenoxy) is 1. The van der Waals surface area contributed by atoms with Gasteiger partial charge < -0.3 is 20.3 Å². The Morgan fingerprint density at radius 2 is 1.96 bits per heavy atom. The molecule has 0 aromatic heterocycles. The summed E-state index contributed by atoms with van der Waals surface area (Å²) in [6.45, 7) is 4.64. The van der Waals surface area contributed by atoms with E-state index in [9.17, 15) is 9.18 Å². The number of anilines is 3. The molecule has 0 atom stereocenters. The molecule has 1 heterocycles. The highest BCUT2D eigenvalue weighted by Crippen LogP contribution is 2.32. The Kier molecular flexibility index (Phi) is 6.08. The first-order chi connectivity index (χ1) is 13.1. The summed E-state index contributed by atoms with van der Waals surface area (Å²) in [6.07, 6.45) is 2.72. The van der Waals surface area contributed by atoms with Crippen LogP contribution < -0.4 is 15.5 Å². The number of hydrogen-bond acceptors (Lipinski definition) is 4. The highest BCUT2D eigenvalue weighted by Gasteiger charge is 2.24. The number of rotatable bonds is 8. The Morgan fingerprint density at radius 3 is 2.67 bits per heavy atom. The molecule has 1 aliphatic rings. The Morgan fingerprint density at radius 1 is 1.19 bits per heavy atom. The number of nitrogens with zero attached hydrogens (tertiary/aromatic N) is 1. The summed E-state index contributed by atoms with van der Waals surface area (Å²) in [7, 11) is 1.70. The van der Waals surface area contributed by atoms with Gasteiger partial charge in [-0.15, -0.1) is 0 Å². The second-order valence-corrected chi connectivity index (χ2v) is 6.37. The van der Waals surface area contributed by atoms with Gasteiger partial charge in [0.05, 0.1) is 17.9 Å². The lowest BCUT2D eigenvalue weighted by Gasteiger charge is -2.24. The third kappa shape index (κ3) is 4.46. The van der Waals surface area contributed by atoms with Gasteiger partial charge in [-0.25, -0.2) is 4.39 Å². The SMILES string of the molecule is CCCN(CCOC)c1ccc(N/C=C2/C(=O)Nc3cc(F)ccc32)cc1. The van der Waals surface area contributed by atoms with Crippen LogP contribution in [0.1, 0.15) is 18.9 Å². The monoisotopic (exact) mass is 369 g/mol. The van der Waals surface area contributed by atoms with Gasteiger partial charge in [0, 0.05) is 43.3 Å². The minimum atomic E-state index is -0.371. The molecule has 0 unspecified atom stereocenters. The number of carbonyl (C=O) groups excluding carboxylic acids is 1. The molecule has 142 valence electrons. The predicted molar refractivity (Wildman–Crippen MR) is 107 cm³/mol. The number of benzene rings is 2. The van der Waals surface area contributed by atoms with E-state index in [-0.39, 0.29) is 11.7 Å². The smallest absolute Gasteiger partial charge is 0.257 e. The van der Waals surface area contributed by atoms with Crippen molar-refractivity contribution in [2.45, 2.75) is 13.3 Å². The fourth-order valence-corrected chi connectivity index (χ4v) is 3.08. The summed E-state index contributed by atoms with van der Waals surface area (Å²) in [6, 6.07) is 12.3. The number of methoxy groups -OCH3 is 1. The summed E-state index contributed by atoms with van der Waals surface area (Å²) >= 11 is 0. The molecule has 1 aliphatic heterocycles. The molecule has 1 amide bonds. The van der Waals surface area contributed by atoms with Crippen molar-refractivity contribution in [2.24, 2.45) is 0 Å². The average Bonchev–Trinajstić information content (AvgIpc) is 2.98. The van der Waals surface area contributed by atoms with E-state index < -0.39 is 0 Å². The molecular weight excluding hydrogens is 345 g/mol. The molecular formula is C21H24FN3O2. The molecule has 0 aliphatic carbocycles. The second kappa shape index (κ2) is 8.68. The maximum atomic E-state index is 13.3. The summed E-state index contributed by atoms with van der Waals surface area (Å²) in [4.78, 5) is 14.4. The van der Waals surface area contributed by atoms with Crippen molar-refractivity contribution in [3.8, 4) is 0 Å². The highest BCUT2D eigenvalue weighted by molar-refractivity contribution is 6.31. The number of nitrogens with one attached hydrogen (secondary N) is 2. The van der Waals surface area contributed by atoms with Crippen LogP contribution >= 0.6 is 0 Å². The molecule has 0 spiro atoms. The first kappa shape index (κ1) is 18.9. The van der Waals surface area contributed by atoms with Gasteiger partial charge in [0.1, 0.15) is 5.82 Å².